The Morgan fingerprint density at radius 1 is 0.781 bits per heavy atom. The second kappa shape index (κ2) is 10.1. The second-order valence-corrected chi connectivity index (χ2v) is 9.08. The summed E-state index contributed by atoms with van der Waals surface area (Å²) < 4.78 is 27.8. The fourth-order valence-corrected chi connectivity index (χ4v) is 4.51. The minimum absolute atomic E-state index is 0.0823. The van der Waals surface area contributed by atoms with E-state index >= 15 is 0 Å². The van der Waals surface area contributed by atoms with E-state index in [1.54, 1.807) is 42.6 Å². The molecule has 0 saturated heterocycles. The summed E-state index contributed by atoms with van der Waals surface area (Å²) in [6, 6.07) is 28.3. The molecular formula is C25H24N4O2S. The molecule has 4 aromatic rings. The van der Waals surface area contributed by atoms with Crippen LogP contribution >= 0.6 is 0 Å². The zero-order valence-electron chi connectivity index (χ0n) is 17.5. The first kappa shape index (κ1) is 21.5. The molecule has 0 saturated carbocycles. The number of rotatable bonds is 9. The molecule has 4 rings (SSSR count). The van der Waals surface area contributed by atoms with E-state index < -0.39 is 10.0 Å². The Hall–Kier alpha value is -3.71. The third kappa shape index (κ3) is 6.15. The molecule has 32 heavy (non-hydrogen) atoms. The minimum atomic E-state index is -3.53. The Morgan fingerprint density at radius 2 is 1.50 bits per heavy atom. The quantitative estimate of drug-likeness (QED) is 0.390. The zero-order valence-corrected chi connectivity index (χ0v) is 18.3. The summed E-state index contributed by atoms with van der Waals surface area (Å²) in [6.45, 7) is 0.715. The number of benzene rings is 3. The molecule has 0 radical (unpaired) electrons. The lowest BCUT2D eigenvalue weighted by Crippen LogP contribution is -2.15. The average molecular weight is 445 g/mol. The van der Waals surface area contributed by atoms with Gasteiger partial charge in [0, 0.05) is 24.0 Å². The number of aromatic nitrogens is 2. The molecule has 1 aromatic heterocycles. The van der Waals surface area contributed by atoms with Gasteiger partial charge in [-0.1, -0.05) is 72.8 Å². The van der Waals surface area contributed by atoms with Crippen LogP contribution in [0.1, 0.15) is 11.1 Å². The van der Waals surface area contributed by atoms with E-state index in [0.29, 0.717) is 23.9 Å². The maximum atomic E-state index is 12.6. The largest absolute Gasteiger partial charge is 0.354 e. The first-order chi connectivity index (χ1) is 15.6. The van der Waals surface area contributed by atoms with Gasteiger partial charge in [0.2, 0.25) is 16.0 Å². The van der Waals surface area contributed by atoms with Gasteiger partial charge in [-0.05, 0) is 35.7 Å². The highest BCUT2D eigenvalue weighted by Gasteiger charge is 2.12. The molecule has 0 spiro atoms. The highest BCUT2D eigenvalue weighted by molar-refractivity contribution is 7.91. The van der Waals surface area contributed by atoms with Gasteiger partial charge >= 0.3 is 0 Å². The van der Waals surface area contributed by atoms with Crippen LogP contribution in [0.4, 0.5) is 11.6 Å². The maximum Gasteiger partial charge on any atom is 0.236 e. The molecule has 7 heteroatoms. The van der Waals surface area contributed by atoms with Crippen molar-refractivity contribution in [3.8, 4) is 11.3 Å². The third-order valence-corrected chi connectivity index (χ3v) is 6.09. The second-order valence-electron chi connectivity index (χ2n) is 7.36. The van der Waals surface area contributed by atoms with Gasteiger partial charge in [-0.15, -0.1) is 0 Å². The summed E-state index contributed by atoms with van der Waals surface area (Å²) in [5.41, 5.74) is 3.99. The van der Waals surface area contributed by atoms with Crippen molar-refractivity contribution in [3.63, 3.8) is 0 Å². The van der Waals surface area contributed by atoms with Crippen molar-refractivity contribution < 1.29 is 8.42 Å². The summed E-state index contributed by atoms with van der Waals surface area (Å²) in [5, 5.41) is 3.25. The van der Waals surface area contributed by atoms with E-state index in [9.17, 15) is 8.42 Å². The molecule has 0 unspecified atom stereocenters. The van der Waals surface area contributed by atoms with Crippen LogP contribution in [0.15, 0.2) is 97.2 Å². The lowest BCUT2D eigenvalue weighted by atomic mass is 10.1. The van der Waals surface area contributed by atoms with Crippen molar-refractivity contribution in [3.05, 3.63) is 108 Å². The molecule has 0 aliphatic heterocycles. The van der Waals surface area contributed by atoms with Crippen LogP contribution in [0.5, 0.6) is 0 Å². The lowest BCUT2D eigenvalue weighted by Gasteiger charge is -2.10. The topological polar surface area (TPSA) is 84.0 Å². The van der Waals surface area contributed by atoms with Gasteiger partial charge in [0.15, 0.2) is 0 Å². The minimum Gasteiger partial charge on any atom is -0.354 e. The van der Waals surface area contributed by atoms with E-state index in [0.717, 1.165) is 17.5 Å². The Kier molecular flexibility index (Phi) is 6.77. The predicted molar refractivity (Wildman–Crippen MR) is 129 cm³/mol. The van der Waals surface area contributed by atoms with Crippen molar-refractivity contribution in [2.75, 3.05) is 16.6 Å². The third-order valence-electron chi connectivity index (χ3n) is 4.83. The SMILES string of the molecule is O=S(=O)(Cc1ccccc1)Nc1cccc(-c2ccnc(NCCc3ccccc3)n2)c1. The molecule has 0 atom stereocenters. The lowest BCUT2D eigenvalue weighted by molar-refractivity contribution is 0.600. The van der Waals surface area contributed by atoms with Crippen LogP contribution in [0, 0.1) is 0 Å². The monoisotopic (exact) mass is 444 g/mol. The van der Waals surface area contributed by atoms with Gasteiger partial charge in [0.1, 0.15) is 0 Å². The van der Waals surface area contributed by atoms with E-state index in [4.69, 9.17) is 0 Å². The predicted octanol–water partition coefficient (Wildman–Crippen LogP) is 4.74. The fraction of sp³-hybridized carbons (Fsp3) is 0.120. The van der Waals surface area contributed by atoms with E-state index in [-0.39, 0.29) is 5.75 Å². The maximum absolute atomic E-state index is 12.6. The number of anilines is 2. The van der Waals surface area contributed by atoms with Crippen LogP contribution in [-0.2, 0) is 22.2 Å². The highest BCUT2D eigenvalue weighted by atomic mass is 32.2. The highest BCUT2D eigenvalue weighted by Crippen LogP contribution is 2.22. The zero-order chi connectivity index (χ0) is 22.2. The number of hydrogen-bond donors (Lipinski definition) is 2. The van der Waals surface area contributed by atoms with Crippen LogP contribution in [0.3, 0.4) is 0 Å². The van der Waals surface area contributed by atoms with Crippen molar-refractivity contribution >= 4 is 21.7 Å². The summed E-state index contributed by atoms with van der Waals surface area (Å²) >= 11 is 0. The molecule has 0 amide bonds. The van der Waals surface area contributed by atoms with Crippen LogP contribution in [0.25, 0.3) is 11.3 Å². The fourth-order valence-electron chi connectivity index (χ4n) is 3.32. The molecule has 162 valence electrons. The number of nitrogens with one attached hydrogen (secondary N) is 2. The van der Waals surface area contributed by atoms with Crippen molar-refractivity contribution in [2.24, 2.45) is 0 Å². The first-order valence-electron chi connectivity index (χ1n) is 10.3. The van der Waals surface area contributed by atoms with Gasteiger partial charge in [-0.25, -0.2) is 18.4 Å². The Labute approximate surface area is 188 Å². The van der Waals surface area contributed by atoms with Crippen LogP contribution < -0.4 is 10.0 Å². The van der Waals surface area contributed by atoms with Gasteiger partial charge in [-0.3, -0.25) is 4.72 Å². The van der Waals surface area contributed by atoms with Gasteiger partial charge in [0.25, 0.3) is 0 Å². The number of sulfonamides is 1. The van der Waals surface area contributed by atoms with Crippen LogP contribution in [0.2, 0.25) is 0 Å². The van der Waals surface area contributed by atoms with Gasteiger partial charge < -0.3 is 5.32 Å². The summed E-state index contributed by atoms with van der Waals surface area (Å²) in [7, 11) is -3.53. The standard InChI is InChI=1S/C25H24N4O2S/c30-32(31,19-21-10-5-2-6-11-21)29-23-13-7-12-22(18-23)24-15-17-27-25(28-24)26-16-14-20-8-3-1-4-9-20/h1-13,15,17-18,29H,14,16,19H2,(H,26,27,28). The normalized spacial score (nSPS) is 11.1. The summed E-state index contributed by atoms with van der Waals surface area (Å²) in [6.07, 6.45) is 2.56. The van der Waals surface area contributed by atoms with Crippen LogP contribution in [-0.4, -0.2) is 24.9 Å². The molecular weight excluding hydrogens is 420 g/mol. The molecule has 3 aromatic carbocycles. The van der Waals surface area contributed by atoms with Gasteiger partial charge in [-0.2, -0.15) is 0 Å². The van der Waals surface area contributed by atoms with Crippen molar-refractivity contribution in [1.29, 1.82) is 0 Å². The van der Waals surface area contributed by atoms with E-state index in [1.165, 1.54) is 5.56 Å². The molecule has 0 bridgehead atoms. The summed E-state index contributed by atoms with van der Waals surface area (Å²) in [4.78, 5) is 8.87. The Bertz CT molecular complexity index is 1260. The van der Waals surface area contributed by atoms with E-state index in [1.807, 2.05) is 42.5 Å². The first-order valence-corrected chi connectivity index (χ1v) is 12.0. The average Bonchev–Trinajstić information content (AvgIpc) is 2.80. The summed E-state index contributed by atoms with van der Waals surface area (Å²) in [5.74, 6) is 0.453. The number of hydrogen-bond acceptors (Lipinski definition) is 5. The van der Waals surface area contributed by atoms with Crippen molar-refractivity contribution in [2.45, 2.75) is 12.2 Å². The number of nitrogens with zero attached hydrogens (tertiary/aromatic N) is 2. The Morgan fingerprint density at radius 3 is 2.25 bits per heavy atom. The molecule has 0 fully saturated rings. The van der Waals surface area contributed by atoms with Gasteiger partial charge in [0.05, 0.1) is 11.4 Å². The van der Waals surface area contributed by atoms with Crippen molar-refractivity contribution in [1.82, 2.24) is 9.97 Å². The smallest absolute Gasteiger partial charge is 0.236 e. The molecule has 1 heterocycles. The molecule has 2 N–H and O–H groups in total. The molecule has 0 aliphatic carbocycles. The Balaban J connectivity index is 1.43. The van der Waals surface area contributed by atoms with E-state index in [2.05, 4.69) is 32.1 Å². The molecule has 6 nitrogen and oxygen atoms in total. The molecule has 0 aliphatic rings.